The molecular weight excluding hydrogens is 242 g/mol. The normalized spacial score (nSPS) is 23.7. The van der Waals surface area contributed by atoms with E-state index in [9.17, 15) is 9.90 Å². The fraction of sp³-hybridized carbons (Fsp3) is 0.533. The molecule has 1 saturated heterocycles. The average Bonchev–Trinajstić information content (AvgIpc) is 2.75. The molecule has 1 atom stereocenters. The third-order valence-electron chi connectivity index (χ3n) is 3.88. The molecule has 1 fully saturated rings. The third-order valence-corrected chi connectivity index (χ3v) is 3.88. The lowest BCUT2D eigenvalue weighted by Crippen LogP contribution is -2.31. The van der Waals surface area contributed by atoms with Crippen LogP contribution in [0.1, 0.15) is 24.5 Å². The fourth-order valence-corrected chi connectivity index (χ4v) is 2.61. The summed E-state index contributed by atoms with van der Waals surface area (Å²) in [7, 11) is 1.69. The Bertz CT molecular complexity index is 460. The Labute approximate surface area is 114 Å². The van der Waals surface area contributed by atoms with Gasteiger partial charge in [0.2, 0.25) is 0 Å². The van der Waals surface area contributed by atoms with Gasteiger partial charge in [-0.15, -0.1) is 0 Å². The maximum atomic E-state index is 11.2. The summed E-state index contributed by atoms with van der Waals surface area (Å²) in [6, 6.07) is 8.17. The van der Waals surface area contributed by atoms with E-state index in [1.165, 1.54) is 11.1 Å². The van der Waals surface area contributed by atoms with Crippen LogP contribution in [0.2, 0.25) is 0 Å². The summed E-state index contributed by atoms with van der Waals surface area (Å²) in [6.07, 6.45) is 0.717. The fourth-order valence-electron chi connectivity index (χ4n) is 2.61. The van der Waals surface area contributed by atoms with Crippen LogP contribution in [0.25, 0.3) is 0 Å². The van der Waals surface area contributed by atoms with Gasteiger partial charge in [-0.1, -0.05) is 24.3 Å². The Morgan fingerprint density at radius 1 is 1.42 bits per heavy atom. The van der Waals surface area contributed by atoms with Crippen LogP contribution in [-0.4, -0.2) is 36.2 Å². The highest BCUT2D eigenvalue weighted by atomic mass is 16.5. The van der Waals surface area contributed by atoms with E-state index < -0.39 is 11.4 Å². The zero-order valence-electron chi connectivity index (χ0n) is 11.6. The maximum absolute atomic E-state index is 11.2. The van der Waals surface area contributed by atoms with Crippen LogP contribution >= 0.6 is 0 Å². The molecule has 4 heteroatoms. The molecule has 0 spiro atoms. The third kappa shape index (κ3) is 3.14. The summed E-state index contributed by atoms with van der Waals surface area (Å²) in [4.78, 5) is 13.5. The largest absolute Gasteiger partial charge is 0.481 e. The number of carboxylic acid groups (broad SMARTS) is 1. The zero-order chi connectivity index (χ0) is 13.9. The lowest BCUT2D eigenvalue weighted by atomic mass is 9.90. The number of methoxy groups -OCH3 is 1. The number of benzene rings is 1. The second-order valence-corrected chi connectivity index (χ2v) is 5.53. The van der Waals surface area contributed by atoms with Crippen LogP contribution in [0.4, 0.5) is 0 Å². The van der Waals surface area contributed by atoms with Gasteiger partial charge in [0.05, 0.1) is 12.0 Å². The van der Waals surface area contributed by atoms with E-state index in [1.807, 2.05) is 19.1 Å². The predicted molar refractivity (Wildman–Crippen MR) is 72.8 cm³/mol. The first-order valence-electron chi connectivity index (χ1n) is 6.56. The van der Waals surface area contributed by atoms with Crippen LogP contribution in [0.15, 0.2) is 24.3 Å². The van der Waals surface area contributed by atoms with Gasteiger partial charge in [-0.25, -0.2) is 0 Å². The number of hydrogen-bond donors (Lipinski definition) is 1. The monoisotopic (exact) mass is 263 g/mol. The molecule has 1 aromatic rings. The zero-order valence-corrected chi connectivity index (χ0v) is 11.6. The molecule has 1 heterocycles. The van der Waals surface area contributed by atoms with E-state index in [0.717, 1.165) is 19.5 Å². The van der Waals surface area contributed by atoms with Gasteiger partial charge in [-0.05, 0) is 31.0 Å². The van der Waals surface area contributed by atoms with Gasteiger partial charge in [-0.3, -0.25) is 9.69 Å². The van der Waals surface area contributed by atoms with Crippen molar-refractivity contribution in [3.05, 3.63) is 35.4 Å². The van der Waals surface area contributed by atoms with Crippen LogP contribution in [-0.2, 0) is 22.7 Å². The van der Waals surface area contributed by atoms with E-state index in [1.54, 1.807) is 7.11 Å². The summed E-state index contributed by atoms with van der Waals surface area (Å²) in [5, 5.41) is 9.25. The summed E-state index contributed by atoms with van der Waals surface area (Å²) >= 11 is 0. The van der Waals surface area contributed by atoms with E-state index in [-0.39, 0.29) is 0 Å². The maximum Gasteiger partial charge on any atom is 0.310 e. The lowest BCUT2D eigenvalue weighted by Gasteiger charge is -2.21. The first kappa shape index (κ1) is 14.0. The van der Waals surface area contributed by atoms with Crippen molar-refractivity contribution in [2.45, 2.75) is 26.5 Å². The molecular formula is C15H21NO3. The van der Waals surface area contributed by atoms with Gasteiger partial charge >= 0.3 is 5.97 Å². The van der Waals surface area contributed by atoms with Crippen molar-refractivity contribution in [3.8, 4) is 0 Å². The second-order valence-electron chi connectivity index (χ2n) is 5.53. The van der Waals surface area contributed by atoms with Gasteiger partial charge in [0.15, 0.2) is 0 Å². The minimum absolute atomic E-state index is 0.597. The van der Waals surface area contributed by atoms with E-state index in [2.05, 4.69) is 17.0 Å². The number of hydrogen-bond acceptors (Lipinski definition) is 3. The van der Waals surface area contributed by atoms with Crippen LogP contribution < -0.4 is 0 Å². The Morgan fingerprint density at radius 2 is 2.11 bits per heavy atom. The van der Waals surface area contributed by atoms with Gasteiger partial charge in [-0.2, -0.15) is 0 Å². The molecule has 104 valence electrons. The Balaban J connectivity index is 2.05. The molecule has 1 N–H and O–H groups in total. The van der Waals surface area contributed by atoms with Crippen LogP contribution in [0.5, 0.6) is 0 Å². The SMILES string of the molecule is COCc1ccccc1CN1CCC(C)(C(=O)O)C1. The second kappa shape index (κ2) is 5.72. The number of rotatable bonds is 5. The molecule has 0 radical (unpaired) electrons. The molecule has 19 heavy (non-hydrogen) atoms. The molecule has 1 unspecified atom stereocenters. The van der Waals surface area contributed by atoms with Crippen molar-refractivity contribution >= 4 is 5.97 Å². The summed E-state index contributed by atoms with van der Waals surface area (Å²) in [5.41, 5.74) is 1.80. The van der Waals surface area contributed by atoms with E-state index in [4.69, 9.17) is 4.74 Å². The lowest BCUT2D eigenvalue weighted by molar-refractivity contribution is -0.147. The molecule has 0 aliphatic carbocycles. The quantitative estimate of drug-likeness (QED) is 0.884. The molecule has 1 aliphatic heterocycles. The molecule has 4 nitrogen and oxygen atoms in total. The molecule has 0 aromatic heterocycles. The molecule has 1 aliphatic rings. The summed E-state index contributed by atoms with van der Waals surface area (Å²) in [5.74, 6) is -0.694. The molecule has 0 saturated carbocycles. The van der Waals surface area contributed by atoms with Crippen molar-refractivity contribution < 1.29 is 14.6 Å². The Morgan fingerprint density at radius 3 is 2.68 bits per heavy atom. The molecule has 0 amide bonds. The minimum atomic E-state index is -0.694. The number of carboxylic acids is 1. The number of ether oxygens (including phenoxy) is 1. The first-order chi connectivity index (χ1) is 9.05. The molecule has 2 rings (SSSR count). The van der Waals surface area contributed by atoms with Crippen molar-refractivity contribution in [1.82, 2.24) is 4.90 Å². The Hall–Kier alpha value is -1.39. The predicted octanol–water partition coefficient (Wildman–Crippen LogP) is 2.13. The van der Waals surface area contributed by atoms with Gasteiger partial charge in [0, 0.05) is 20.2 Å². The number of aliphatic carboxylic acids is 1. The number of carbonyl (C=O) groups is 1. The van der Waals surface area contributed by atoms with E-state index >= 15 is 0 Å². The van der Waals surface area contributed by atoms with Crippen molar-refractivity contribution in [2.75, 3.05) is 20.2 Å². The number of nitrogens with zero attached hydrogens (tertiary/aromatic N) is 1. The highest BCUT2D eigenvalue weighted by molar-refractivity contribution is 5.74. The topological polar surface area (TPSA) is 49.8 Å². The highest BCUT2D eigenvalue weighted by Gasteiger charge is 2.40. The number of likely N-dealkylation sites (tertiary alicyclic amines) is 1. The van der Waals surface area contributed by atoms with Crippen LogP contribution in [0, 0.1) is 5.41 Å². The first-order valence-corrected chi connectivity index (χ1v) is 6.56. The summed E-state index contributed by atoms with van der Waals surface area (Å²) < 4.78 is 5.20. The minimum Gasteiger partial charge on any atom is -0.481 e. The molecule has 1 aromatic carbocycles. The standard InChI is InChI=1S/C15H21NO3/c1-15(14(17)18)7-8-16(11-15)9-12-5-3-4-6-13(12)10-19-2/h3-6H,7-11H2,1-2H3,(H,17,18). The van der Waals surface area contributed by atoms with E-state index in [0.29, 0.717) is 13.2 Å². The van der Waals surface area contributed by atoms with Gasteiger partial charge in [0.25, 0.3) is 0 Å². The van der Waals surface area contributed by atoms with Gasteiger partial charge < -0.3 is 9.84 Å². The smallest absolute Gasteiger partial charge is 0.310 e. The van der Waals surface area contributed by atoms with Gasteiger partial charge in [0.1, 0.15) is 0 Å². The van der Waals surface area contributed by atoms with Crippen molar-refractivity contribution in [1.29, 1.82) is 0 Å². The Kier molecular flexibility index (Phi) is 4.22. The van der Waals surface area contributed by atoms with Crippen molar-refractivity contribution in [3.63, 3.8) is 0 Å². The molecule has 0 bridgehead atoms. The van der Waals surface area contributed by atoms with Crippen molar-refractivity contribution in [2.24, 2.45) is 5.41 Å². The summed E-state index contributed by atoms with van der Waals surface area (Å²) in [6.45, 7) is 4.67. The highest BCUT2D eigenvalue weighted by Crippen LogP contribution is 2.31. The average molecular weight is 263 g/mol. The van der Waals surface area contributed by atoms with Crippen LogP contribution in [0.3, 0.4) is 0 Å².